The van der Waals surface area contributed by atoms with E-state index in [-0.39, 0.29) is 11.9 Å². The van der Waals surface area contributed by atoms with Crippen molar-refractivity contribution in [3.8, 4) is 0 Å². The molecule has 0 aromatic carbocycles. The maximum Gasteiger partial charge on any atom is 0.254 e. The largest absolute Gasteiger partial charge is 0.349 e. The fourth-order valence-electron chi connectivity index (χ4n) is 2.63. The third kappa shape index (κ3) is 3.66. The number of hydrogen-bond acceptors (Lipinski definition) is 4. The van der Waals surface area contributed by atoms with Crippen LogP contribution in [0.4, 0.5) is 0 Å². The van der Waals surface area contributed by atoms with E-state index in [1.54, 1.807) is 12.4 Å². The number of aromatic nitrogens is 3. The number of rotatable bonds is 4. The molecule has 0 unspecified atom stereocenters. The van der Waals surface area contributed by atoms with Crippen molar-refractivity contribution in [2.24, 2.45) is 0 Å². The molecule has 0 bridgehead atoms. The summed E-state index contributed by atoms with van der Waals surface area (Å²) in [5.41, 5.74) is 1.88. The molecule has 21 heavy (non-hydrogen) atoms. The number of piperidine rings is 1. The van der Waals surface area contributed by atoms with Crippen LogP contribution in [0.5, 0.6) is 0 Å². The molecule has 2 aromatic rings. The Balaban J connectivity index is 1.46. The smallest absolute Gasteiger partial charge is 0.254 e. The lowest BCUT2D eigenvalue weighted by molar-refractivity contribution is 0.0909. The molecular weight excluding hydrogens is 266 g/mol. The minimum absolute atomic E-state index is 0.0451. The molecule has 1 fully saturated rings. The second-order valence-electron chi connectivity index (χ2n) is 5.37. The second kappa shape index (κ2) is 6.49. The first-order valence-corrected chi connectivity index (χ1v) is 7.22. The third-order valence-corrected chi connectivity index (χ3v) is 3.84. The van der Waals surface area contributed by atoms with Gasteiger partial charge in [0, 0.05) is 44.3 Å². The van der Waals surface area contributed by atoms with Crippen LogP contribution < -0.4 is 5.32 Å². The predicted molar refractivity (Wildman–Crippen MR) is 78.6 cm³/mol. The van der Waals surface area contributed by atoms with Crippen LogP contribution in [0.2, 0.25) is 0 Å². The van der Waals surface area contributed by atoms with E-state index in [9.17, 15) is 4.79 Å². The van der Waals surface area contributed by atoms with Crippen molar-refractivity contribution in [1.29, 1.82) is 0 Å². The number of nitrogens with zero attached hydrogens (tertiary/aromatic N) is 3. The van der Waals surface area contributed by atoms with E-state index in [1.807, 2.05) is 24.5 Å². The summed E-state index contributed by atoms with van der Waals surface area (Å²) in [5, 5.41) is 9.52. The highest BCUT2D eigenvalue weighted by Crippen LogP contribution is 2.14. The van der Waals surface area contributed by atoms with E-state index >= 15 is 0 Å². The molecule has 0 radical (unpaired) electrons. The number of hydrogen-bond donors (Lipinski definition) is 2. The van der Waals surface area contributed by atoms with Crippen LogP contribution in [0.15, 0.2) is 36.9 Å². The van der Waals surface area contributed by atoms with Gasteiger partial charge in [-0.15, -0.1) is 0 Å². The van der Waals surface area contributed by atoms with Crippen molar-refractivity contribution in [1.82, 2.24) is 25.4 Å². The number of carbonyl (C=O) groups excluding carboxylic acids is 1. The summed E-state index contributed by atoms with van der Waals surface area (Å²) < 4.78 is 0. The topological polar surface area (TPSA) is 73.9 Å². The van der Waals surface area contributed by atoms with E-state index in [0.29, 0.717) is 5.56 Å². The molecule has 1 amide bonds. The molecule has 0 spiro atoms. The van der Waals surface area contributed by atoms with Gasteiger partial charge in [0.25, 0.3) is 5.91 Å². The zero-order chi connectivity index (χ0) is 14.5. The van der Waals surface area contributed by atoms with Crippen molar-refractivity contribution in [3.63, 3.8) is 0 Å². The zero-order valence-electron chi connectivity index (χ0n) is 11.8. The molecule has 0 aliphatic carbocycles. The fourth-order valence-corrected chi connectivity index (χ4v) is 2.63. The van der Waals surface area contributed by atoms with Crippen LogP contribution in [0.25, 0.3) is 0 Å². The van der Waals surface area contributed by atoms with E-state index in [0.717, 1.165) is 32.5 Å². The predicted octanol–water partition coefficient (Wildman–Crippen LogP) is 1.20. The Hall–Kier alpha value is -2.21. The van der Waals surface area contributed by atoms with Crippen molar-refractivity contribution in [3.05, 3.63) is 48.0 Å². The van der Waals surface area contributed by atoms with Crippen molar-refractivity contribution in [2.45, 2.75) is 25.4 Å². The van der Waals surface area contributed by atoms with E-state index in [1.165, 1.54) is 5.56 Å². The molecule has 1 aliphatic heterocycles. The van der Waals surface area contributed by atoms with E-state index in [2.05, 4.69) is 25.4 Å². The SMILES string of the molecule is O=C(NC1CCN(Cc2ccncc2)CC1)c1cn[nH]c1. The number of nitrogens with one attached hydrogen (secondary N) is 2. The minimum atomic E-state index is -0.0451. The van der Waals surface area contributed by atoms with Crippen LogP contribution in [-0.4, -0.2) is 45.1 Å². The van der Waals surface area contributed by atoms with Gasteiger partial charge in [0.15, 0.2) is 0 Å². The summed E-state index contributed by atoms with van der Waals surface area (Å²) in [6.07, 6.45) is 8.78. The number of H-pyrrole nitrogens is 1. The van der Waals surface area contributed by atoms with Gasteiger partial charge in [-0.05, 0) is 30.5 Å². The number of pyridine rings is 1. The first-order chi connectivity index (χ1) is 10.3. The van der Waals surface area contributed by atoms with Gasteiger partial charge in [-0.1, -0.05) is 0 Å². The van der Waals surface area contributed by atoms with Gasteiger partial charge >= 0.3 is 0 Å². The molecule has 0 atom stereocenters. The Labute approximate surface area is 123 Å². The molecule has 110 valence electrons. The zero-order valence-corrected chi connectivity index (χ0v) is 11.8. The number of amides is 1. The first kappa shape index (κ1) is 13.8. The molecule has 2 N–H and O–H groups in total. The Bertz CT molecular complexity index is 561. The highest BCUT2D eigenvalue weighted by atomic mass is 16.1. The normalized spacial score (nSPS) is 16.8. The summed E-state index contributed by atoms with van der Waals surface area (Å²) in [5.74, 6) is -0.0451. The monoisotopic (exact) mass is 285 g/mol. The maximum absolute atomic E-state index is 12.0. The summed E-state index contributed by atoms with van der Waals surface area (Å²) in [6.45, 7) is 2.95. The lowest BCUT2D eigenvalue weighted by Crippen LogP contribution is -2.44. The lowest BCUT2D eigenvalue weighted by Gasteiger charge is -2.32. The summed E-state index contributed by atoms with van der Waals surface area (Å²) >= 11 is 0. The van der Waals surface area contributed by atoms with Gasteiger partial charge in [0.05, 0.1) is 11.8 Å². The average molecular weight is 285 g/mol. The highest BCUT2D eigenvalue weighted by molar-refractivity contribution is 5.93. The average Bonchev–Trinajstić information content (AvgIpc) is 3.05. The molecular formula is C15H19N5O. The quantitative estimate of drug-likeness (QED) is 0.885. The lowest BCUT2D eigenvalue weighted by atomic mass is 10.0. The third-order valence-electron chi connectivity index (χ3n) is 3.84. The Morgan fingerprint density at radius 1 is 1.33 bits per heavy atom. The van der Waals surface area contributed by atoms with Gasteiger partial charge in [-0.2, -0.15) is 5.10 Å². The fraction of sp³-hybridized carbons (Fsp3) is 0.400. The van der Waals surface area contributed by atoms with E-state index in [4.69, 9.17) is 0 Å². The van der Waals surface area contributed by atoms with Crippen LogP contribution >= 0.6 is 0 Å². The van der Waals surface area contributed by atoms with Crippen LogP contribution in [0.3, 0.4) is 0 Å². The summed E-state index contributed by atoms with van der Waals surface area (Å²) in [7, 11) is 0. The van der Waals surface area contributed by atoms with Gasteiger partial charge in [0.2, 0.25) is 0 Å². The van der Waals surface area contributed by atoms with Crippen molar-refractivity contribution < 1.29 is 4.79 Å². The van der Waals surface area contributed by atoms with Crippen LogP contribution in [0, 0.1) is 0 Å². The summed E-state index contributed by atoms with van der Waals surface area (Å²) in [4.78, 5) is 18.4. The standard InChI is InChI=1S/C15H19N5O/c21-15(13-9-17-18-10-13)19-14-3-7-20(8-4-14)11-12-1-5-16-6-2-12/h1-2,5-6,9-10,14H,3-4,7-8,11H2,(H,17,18)(H,19,21). The number of aromatic amines is 1. The van der Waals surface area contributed by atoms with Crippen LogP contribution in [-0.2, 0) is 6.54 Å². The van der Waals surface area contributed by atoms with Crippen molar-refractivity contribution in [2.75, 3.05) is 13.1 Å². The Morgan fingerprint density at radius 2 is 2.10 bits per heavy atom. The minimum Gasteiger partial charge on any atom is -0.349 e. The maximum atomic E-state index is 12.0. The molecule has 2 aromatic heterocycles. The summed E-state index contributed by atoms with van der Waals surface area (Å²) in [6, 6.07) is 4.35. The van der Waals surface area contributed by atoms with Gasteiger partial charge in [-0.25, -0.2) is 0 Å². The Kier molecular flexibility index (Phi) is 4.25. The number of carbonyl (C=O) groups is 1. The molecule has 1 aliphatic rings. The second-order valence-corrected chi connectivity index (χ2v) is 5.37. The van der Waals surface area contributed by atoms with Gasteiger partial charge < -0.3 is 5.32 Å². The molecule has 3 heterocycles. The highest BCUT2D eigenvalue weighted by Gasteiger charge is 2.21. The van der Waals surface area contributed by atoms with E-state index < -0.39 is 0 Å². The number of likely N-dealkylation sites (tertiary alicyclic amines) is 1. The molecule has 1 saturated heterocycles. The molecule has 6 nitrogen and oxygen atoms in total. The van der Waals surface area contributed by atoms with Gasteiger partial charge in [-0.3, -0.25) is 19.8 Å². The molecule has 3 rings (SSSR count). The first-order valence-electron chi connectivity index (χ1n) is 7.22. The van der Waals surface area contributed by atoms with Gasteiger partial charge in [0.1, 0.15) is 0 Å². The Morgan fingerprint density at radius 3 is 2.76 bits per heavy atom. The van der Waals surface area contributed by atoms with Crippen molar-refractivity contribution >= 4 is 5.91 Å². The molecule has 0 saturated carbocycles. The molecule has 6 heteroatoms. The van der Waals surface area contributed by atoms with Crippen LogP contribution in [0.1, 0.15) is 28.8 Å².